The van der Waals surface area contributed by atoms with Crippen molar-refractivity contribution in [1.82, 2.24) is 15.1 Å². The Kier molecular flexibility index (Phi) is 4.53. The lowest BCUT2D eigenvalue weighted by atomic mass is 10.1. The van der Waals surface area contributed by atoms with Crippen molar-refractivity contribution in [1.29, 1.82) is 0 Å². The Bertz CT molecular complexity index is 624. The highest BCUT2D eigenvalue weighted by atomic mass is 16.3. The maximum Gasteiger partial charge on any atom is 0.225 e. The van der Waals surface area contributed by atoms with Gasteiger partial charge in [-0.15, -0.1) is 0 Å². The summed E-state index contributed by atoms with van der Waals surface area (Å²) >= 11 is 0. The van der Waals surface area contributed by atoms with Crippen molar-refractivity contribution in [2.75, 3.05) is 6.54 Å². The van der Waals surface area contributed by atoms with Crippen molar-refractivity contribution in [2.45, 2.75) is 31.8 Å². The first-order valence-corrected chi connectivity index (χ1v) is 7.79. The number of carbonyl (C=O) groups is 1. The van der Waals surface area contributed by atoms with Crippen LogP contribution in [-0.2, 0) is 11.2 Å². The number of hydrogen-bond donors (Lipinski definition) is 2. The fourth-order valence-corrected chi connectivity index (χ4v) is 2.92. The second-order valence-corrected chi connectivity index (χ2v) is 5.77. The molecule has 1 amide bonds. The zero-order valence-corrected chi connectivity index (χ0v) is 12.5. The molecule has 1 fully saturated rings. The smallest absolute Gasteiger partial charge is 0.225 e. The van der Waals surface area contributed by atoms with E-state index in [1.807, 2.05) is 47.4 Å². The van der Waals surface area contributed by atoms with Crippen LogP contribution in [0, 0.1) is 5.92 Å². The van der Waals surface area contributed by atoms with Crippen LogP contribution in [0.4, 0.5) is 0 Å². The maximum absolute atomic E-state index is 12.0. The van der Waals surface area contributed by atoms with E-state index >= 15 is 0 Å². The Morgan fingerprint density at radius 3 is 2.86 bits per heavy atom. The molecule has 22 heavy (non-hydrogen) atoms. The van der Waals surface area contributed by atoms with E-state index in [0.717, 1.165) is 36.9 Å². The van der Waals surface area contributed by atoms with E-state index in [1.165, 1.54) is 0 Å². The van der Waals surface area contributed by atoms with E-state index in [-0.39, 0.29) is 11.8 Å². The summed E-state index contributed by atoms with van der Waals surface area (Å²) in [4.78, 5) is 12.0. The summed E-state index contributed by atoms with van der Waals surface area (Å²) in [6.45, 7) is 0.572. The van der Waals surface area contributed by atoms with Crippen molar-refractivity contribution < 1.29 is 9.90 Å². The number of benzene rings is 1. The lowest BCUT2D eigenvalue weighted by Gasteiger charge is -2.13. The number of rotatable bonds is 5. The molecule has 1 aromatic heterocycles. The summed E-state index contributed by atoms with van der Waals surface area (Å²) in [6.07, 6.45) is 6.53. The molecular weight excluding hydrogens is 278 g/mol. The van der Waals surface area contributed by atoms with Crippen LogP contribution in [0.3, 0.4) is 0 Å². The molecule has 5 heteroatoms. The Balaban J connectivity index is 1.50. The lowest BCUT2D eigenvalue weighted by Crippen LogP contribution is -2.35. The summed E-state index contributed by atoms with van der Waals surface area (Å²) in [5, 5.41) is 17.0. The van der Waals surface area contributed by atoms with Crippen molar-refractivity contribution in [3.63, 3.8) is 0 Å². The SMILES string of the molecule is O=C(NCCc1cnn(-c2ccccc2)c1)C1CCCC1O. The molecule has 1 aliphatic rings. The molecule has 0 bridgehead atoms. The third-order valence-electron chi connectivity index (χ3n) is 4.19. The molecule has 1 saturated carbocycles. The van der Waals surface area contributed by atoms with Crippen LogP contribution >= 0.6 is 0 Å². The number of amides is 1. The van der Waals surface area contributed by atoms with E-state index in [1.54, 1.807) is 0 Å². The molecule has 1 aromatic carbocycles. The Morgan fingerprint density at radius 1 is 1.32 bits per heavy atom. The normalized spacial score (nSPS) is 21.0. The van der Waals surface area contributed by atoms with Crippen LogP contribution in [-0.4, -0.2) is 33.4 Å². The second-order valence-electron chi connectivity index (χ2n) is 5.77. The fraction of sp³-hybridized carbons (Fsp3) is 0.412. The molecule has 1 heterocycles. The minimum atomic E-state index is -0.471. The summed E-state index contributed by atoms with van der Waals surface area (Å²) < 4.78 is 1.83. The van der Waals surface area contributed by atoms with Crippen LogP contribution in [0.1, 0.15) is 24.8 Å². The van der Waals surface area contributed by atoms with Crippen LogP contribution in [0.25, 0.3) is 5.69 Å². The summed E-state index contributed by atoms with van der Waals surface area (Å²) in [7, 11) is 0. The van der Waals surface area contributed by atoms with Crippen LogP contribution in [0.2, 0.25) is 0 Å². The fourth-order valence-electron chi connectivity index (χ4n) is 2.92. The first-order chi connectivity index (χ1) is 10.7. The monoisotopic (exact) mass is 299 g/mol. The Morgan fingerprint density at radius 2 is 2.14 bits per heavy atom. The highest BCUT2D eigenvalue weighted by Crippen LogP contribution is 2.25. The number of aromatic nitrogens is 2. The lowest BCUT2D eigenvalue weighted by molar-refractivity contribution is -0.127. The van der Waals surface area contributed by atoms with Gasteiger partial charge in [-0.05, 0) is 43.4 Å². The summed E-state index contributed by atoms with van der Waals surface area (Å²) in [5.41, 5.74) is 2.10. The van der Waals surface area contributed by atoms with Crippen LogP contribution < -0.4 is 5.32 Å². The van der Waals surface area contributed by atoms with Gasteiger partial charge in [0.2, 0.25) is 5.91 Å². The quantitative estimate of drug-likeness (QED) is 0.883. The third kappa shape index (κ3) is 3.36. The van der Waals surface area contributed by atoms with Gasteiger partial charge in [0.05, 0.1) is 23.9 Å². The number of para-hydroxylation sites is 1. The number of aliphatic hydroxyl groups is 1. The average Bonchev–Trinajstić information content (AvgIpc) is 3.17. The number of hydrogen-bond acceptors (Lipinski definition) is 3. The molecule has 0 spiro atoms. The van der Waals surface area contributed by atoms with Crippen molar-refractivity contribution in [3.8, 4) is 5.69 Å². The maximum atomic E-state index is 12.0. The summed E-state index contributed by atoms with van der Waals surface area (Å²) in [5.74, 6) is -0.257. The van der Waals surface area contributed by atoms with Gasteiger partial charge in [-0.25, -0.2) is 4.68 Å². The molecule has 5 nitrogen and oxygen atoms in total. The molecule has 3 rings (SSSR count). The molecular formula is C17H21N3O2. The van der Waals surface area contributed by atoms with Gasteiger partial charge in [-0.3, -0.25) is 4.79 Å². The zero-order chi connectivity index (χ0) is 15.4. The molecule has 0 radical (unpaired) electrons. The van der Waals surface area contributed by atoms with E-state index in [4.69, 9.17) is 0 Å². The van der Waals surface area contributed by atoms with E-state index in [9.17, 15) is 9.90 Å². The minimum Gasteiger partial charge on any atom is -0.392 e. The predicted octanol–water partition coefficient (Wildman–Crippen LogP) is 1.69. The molecule has 2 unspecified atom stereocenters. The number of carbonyl (C=O) groups excluding carboxylic acids is 1. The van der Waals surface area contributed by atoms with Gasteiger partial charge in [0, 0.05) is 12.7 Å². The third-order valence-corrected chi connectivity index (χ3v) is 4.19. The topological polar surface area (TPSA) is 67.2 Å². The number of aliphatic hydroxyl groups excluding tert-OH is 1. The molecule has 1 aliphatic carbocycles. The first-order valence-electron chi connectivity index (χ1n) is 7.79. The molecule has 0 saturated heterocycles. The Hall–Kier alpha value is -2.14. The first kappa shape index (κ1) is 14.8. The zero-order valence-electron chi connectivity index (χ0n) is 12.5. The van der Waals surface area contributed by atoms with Crippen molar-refractivity contribution >= 4 is 5.91 Å². The molecule has 116 valence electrons. The van der Waals surface area contributed by atoms with Gasteiger partial charge in [0.25, 0.3) is 0 Å². The average molecular weight is 299 g/mol. The molecule has 2 N–H and O–H groups in total. The highest BCUT2D eigenvalue weighted by molar-refractivity contribution is 5.79. The van der Waals surface area contributed by atoms with Crippen LogP contribution in [0.15, 0.2) is 42.7 Å². The van der Waals surface area contributed by atoms with Gasteiger partial charge < -0.3 is 10.4 Å². The number of nitrogens with one attached hydrogen (secondary N) is 1. The molecule has 0 aliphatic heterocycles. The molecule has 2 aromatic rings. The van der Waals surface area contributed by atoms with E-state index in [0.29, 0.717) is 6.54 Å². The largest absolute Gasteiger partial charge is 0.392 e. The van der Waals surface area contributed by atoms with Crippen molar-refractivity contribution in [3.05, 3.63) is 48.3 Å². The molecule has 2 atom stereocenters. The van der Waals surface area contributed by atoms with E-state index < -0.39 is 6.10 Å². The van der Waals surface area contributed by atoms with E-state index in [2.05, 4.69) is 10.4 Å². The minimum absolute atomic E-state index is 0.0274. The Labute approximate surface area is 130 Å². The van der Waals surface area contributed by atoms with Gasteiger partial charge in [-0.1, -0.05) is 18.2 Å². The highest BCUT2D eigenvalue weighted by Gasteiger charge is 2.30. The van der Waals surface area contributed by atoms with Crippen molar-refractivity contribution in [2.24, 2.45) is 5.92 Å². The van der Waals surface area contributed by atoms with Gasteiger partial charge in [0.1, 0.15) is 0 Å². The summed E-state index contributed by atoms with van der Waals surface area (Å²) in [6, 6.07) is 9.93. The second kappa shape index (κ2) is 6.75. The van der Waals surface area contributed by atoms with Gasteiger partial charge >= 0.3 is 0 Å². The van der Waals surface area contributed by atoms with Gasteiger partial charge in [-0.2, -0.15) is 5.10 Å². The van der Waals surface area contributed by atoms with Crippen LogP contribution in [0.5, 0.6) is 0 Å². The number of nitrogens with zero attached hydrogens (tertiary/aromatic N) is 2. The standard InChI is InChI=1S/C17H21N3O2/c21-16-8-4-7-15(16)17(22)18-10-9-13-11-19-20(12-13)14-5-2-1-3-6-14/h1-3,5-6,11-12,15-16,21H,4,7-10H2,(H,18,22). The van der Waals surface area contributed by atoms with Gasteiger partial charge in [0.15, 0.2) is 0 Å². The predicted molar refractivity (Wildman–Crippen MR) is 83.6 cm³/mol.